The third kappa shape index (κ3) is 4.08. The van der Waals surface area contributed by atoms with Gasteiger partial charge in [0.15, 0.2) is 0 Å². The highest BCUT2D eigenvalue weighted by atomic mass is 35.5. The van der Waals surface area contributed by atoms with E-state index in [9.17, 15) is 4.79 Å². The van der Waals surface area contributed by atoms with Crippen LogP contribution in [0.2, 0.25) is 5.02 Å². The Balaban J connectivity index is 1.51. The van der Waals surface area contributed by atoms with Gasteiger partial charge in [-0.2, -0.15) is 0 Å². The second-order valence-corrected chi connectivity index (χ2v) is 5.92. The molecule has 0 fully saturated rings. The minimum absolute atomic E-state index is 0.0796. The van der Waals surface area contributed by atoms with Crippen molar-refractivity contribution < 1.29 is 14.3 Å². The molecule has 0 saturated heterocycles. The van der Waals surface area contributed by atoms with Gasteiger partial charge >= 0.3 is 6.03 Å². The van der Waals surface area contributed by atoms with Crippen molar-refractivity contribution in [2.75, 3.05) is 13.7 Å². The summed E-state index contributed by atoms with van der Waals surface area (Å²) in [5.74, 6) is 1.56. The molecule has 6 nitrogen and oxygen atoms in total. The molecule has 0 bridgehead atoms. The molecule has 0 aliphatic carbocycles. The summed E-state index contributed by atoms with van der Waals surface area (Å²) in [5.41, 5.74) is 1.79. The molecule has 7 heteroatoms. The number of nitrogens with zero attached hydrogens (tertiary/aromatic N) is 1. The summed E-state index contributed by atoms with van der Waals surface area (Å²) in [4.78, 5) is 16.1. The first-order valence-electron chi connectivity index (χ1n) is 7.58. The van der Waals surface area contributed by atoms with Crippen LogP contribution < -0.4 is 20.1 Å². The van der Waals surface area contributed by atoms with Crippen molar-refractivity contribution in [2.45, 2.75) is 19.0 Å². The Morgan fingerprint density at radius 2 is 2.29 bits per heavy atom. The van der Waals surface area contributed by atoms with Gasteiger partial charge in [0.1, 0.15) is 18.1 Å². The lowest BCUT2D eigenvalue weighted by molar-refractivity contribution is 0.213. The van der Waals surface area contributed by atoms with Gasteiger partial charge in [0, 0.05) is 12.3 Å². The molecule has 0 spiro atoms. The molecule has 0 radical (unpaired) electrons. The number of ether oxygens (including phenoxy) is 2. The van der Waals surface area contributed by atoms with Gasteiger partial charge in [0.05, 0.1) is 30.4 Å². The number of methoxy groups -OCH3 is 1. The number of fused-ring (bicyclic) bond motifs is 1. The molecule has 1 aromatic carbocycles. The van der Waals surface area contributed by atoms with Gasteiger partial charge in [-0.25, -0.2) is 4.79 Å². The van der Waals surface area contributed by atoms with E-state index in [1.807, 2.05) is 18.2 Å². The maximum absolute atomic E-state index is 12.0. The average Bonchev–Trinajstić information content (AvgIpc) is 2.61. The Kier molecular flexibility index (Phi) is 5.05. The van der Waals surface area contributed by atoms with Crippen LogP contribution in [-0.4, -0.2) is 30.8 Å². The van der Waals surface area contributed by atoms with Crippen molar-refractivity contribution in [1.82, 2.24) is 15.6 Å². The standard InChI is InChI=1S/C17H18ClN3O3/c1-23-15-5-2-11-6-14(10-24-16(11)7-15)21-17(22)20-9-13-4-3-12(18)8-19-13/h2-5,7-8,14H,6,9-10H2,1H3,(H2,20,21,22)/t14-/m1/s1. The van der Waals surface area contributed by atoms with E-state index in [0.29, 0.717) is 24.6 Å². The second kappa shape index (κ2) is 7.40. The first-order valence-corrected chi connectivity index (χ1v) is 7.96. The fraction of sp³-hybridized carbons (Fsp3) is 0.294. The fourth-order valence-corrected chi connectivity index (χ4v) is 2.60. The van der Waals surface area contributed by atoms with E-state index in [2.05, 4.69) is 15.6 Å². The number of aromatic nitrogens is 1. The Labute approximate surface area is 145 Å². The summed E-state index contributed by atoms with van der Waals surface area (Å²) < 4.78 is 10.9. The molecule has 2 N–H and O–H groups in total. The summed E-state index contributed by atoms with van der Waals surface area (Å²) in [5, 5.41) is 6.25. The van der Waals surface area contributed by atoms with Crippen molar-refractivity contribution in [3.05, 3.63) is 52.8 Å². The van der Waals surface area contributed by atoms with Crippen LogP contribution in [0.5, 0.6) is 11.5 Å². The van der Waals surface area contributed by atoms with E-state index in [1.54, 1.807) is 25.4 Å². The molecule has 3 rings (SSSR count). The first-order chi connectivity index (χ1) is 11.6. The summed E-state index contributed by atoms with van der Waals surface area (Å²) in [6.07, 6.45) is 2.27. The van der Waals surface area contributed by atoms with Crippen molar-refractivity contribution in [3.8, 4) is 11.5 Å². The van der Waals surface area contributed by atoms with Gasteiger partial charge in [0.2, 0.25) is 0 Å². The number of urea groups is 1. The topological polar surface area (TPSA) is 72.5 Å². The average molecular weight is 348 g/mol. The molecule has 2 amide bonds. The molecule has 1 atom stereocenters. The van der Waals surface area contributed by atoms with Crippen molar-refractivity contribution in [2.24, 2.45) is 0 Å². The SMILES string of the molecule is COc1ccc2c(c1)OC[C@H](NC(=O)NCc1ccc(Cl)cn1)C2. The third-order valence-corrected chi connectivity index (χ3v) is 3.96. The van der Waals surface area contributed by atoms with Crippen LogP contribution >= 0.6 is 11.6 Å². The number of carbonyl (C=O) groups is 1. The lowest BCUT2D eigenvalue weighted by Crippen LogP contribution is -2.47. The van der Waals surface area contributed by atoms with Crippen LogP contribution in [0.1, 0.15) is 11.3 Å². The zero-order valence-corrected chi connectivity index (χ0v) is 14.0. The largest absolute Gasteiger partial charge is 0.497 e. The molecular weight excluding hydrogens is 330 g/mol. The van der Waals surface area contributed by atoms with Crippen LogP contribution in [0.3, 0.4) is 0 Å². The van der Waals surface area contributed by atoms with E-state index in [-0.39, 0.29) is 12.1 Å². The molecule has 1 aromatic heterocycles. The third-order valence-electron chi connectivity index (χ3n) is 3.73. The minimum Gasteiger partial charge on any atom is -0.497 e. The molecule has 2 heterocycles. The monoisotopic (exact) mass is 347 g/mol. The Hall–Kier alpha value is -2.47. The van der Waals surface area contributed by atoms with Gasteiger partial charge in [0.25, 0.3) is 0 Å². The number of hydrogen-bond donors (Lipinski definition) is 2. The van der Waals surface area contributed by atoms with E-state index < -0.39 is 0 Å². The number of carbonyl (C=O) groups excluding carboxylic acids is 1. The fourth-order valence-electron chi connectivity index (χ4n) is 2.49. The van der Waals surface area contributed by atoms with E-state index in [1.165, 1.54) is 0 Å². The zero-order valence-electron chi connectivity index (χ0n) is 13.2. The molecule has 1 aliphatic heterocycles. The highest BCUT2D eigenvalue weighted by Gasteiger charge is 2.21. The smallest absolute Gasteiger partial charge is 0.315 e. The van der Waals surface area contributed by atoms with Crippen molar-refractivity contribution in [1.29, 1.82) is 0 Å². The van der Waals surface area contributed by atoms with Gasteiger partial charge < -0.3 is 20.1 Å². The number of halogens is 1. The number of hydrogen-bond acceptors (Lipinski definition) is 4. The van der Waals surface area contributed by atoms with E-state index in [0.717, 1.165) is 22.8 Å². The number of amides is 2. The quantitative estimate of drug-likeness (QED) is 0.891. The molecular formula is C17H18ClN3O3. The summed E-state index contributed by atoms with van der Waals surface area (Å²) >= 11 is 5.78. The van der Waals surface area contributed by atoms with Crippen LogP contribution in [0, 0.1) is 0 Å². The Morgan fingerprint density at radius 3 is 3.04 bits per heavy atom. The zero-order chi connectivity index (χ0) is 16.9. The van der Waals surface area contributed by atoms with Gasteiger partial charge in [-0.1, -0.05) is 17.7 Å². The molecule has 126 valence electrons. The second-order valence-electron chi connectivity index (χ2n) is 5.48. The predicted octanol–water partition coefficient (Wildman–Crippen LogP) is 2.55. The molecule has 2 aromatic rings. The Bertz CT molecular complexity index is 722. The van der Waals surface area contributed by atoms with E-state index >= 15 is 0 Å². The highest BCUT2D eigenvalue weighted by Crippen LogP contribution is 2.28. The van der Waals surface area contributed by atoms with Crippen molar-refractivity contribution >= 4 is 17.6 Å². The molecule has 0 unspecified atom stereocenters. The summed E-state index contributed by atoms with van der Waals surface area (Å²) in [7, 11) is 1.62. The van der Waals surface area contributed by atoms with Gasteiger partial charge in [-0.3, -0.25) is 4.98 Å². The summed E-state index contributed by atoms with van der Waals surface area (Å²) in [6, 6.07) is 8.88. The minimum atomic E-state index is -0.252. The number of pyridine rings is 1. The van der Waals surface area contributed by atoms with Crippen LogP contribution in [0.25, 0.3) is 0 Å². The van der Waals surface area contributed by atoms with Gasteiger partial charge in [-0.05, 0) is 30.2 Å². The molecule has 0 saturated carbocycles. The van der Waals surface area contributed by atoms with Crippen LogP contribution in [-0.2, 0) is 13.0 Å². The van der Waals surface area contributed by atoms with E-state index in [4.69, 9.17) is 21.1 Å². The maximum Gasteiger partial charge on any atom is 0.315 e. The van der Waals surface area contributed by atoms with Crippen molar-refractivity contribution in [3.63, 3.8) is 0 Å². The maximum atomic E-state index is 12.0. The number of nitrogens with one attached hydrogen (secondary N) is 2. The number of benzene rings is 1. The number of rotatable bonds is 4. The predicted molar refractivity (Wildman–Crippen MR) is 90.6 cm³/mol. The van der Waals surface area contributed by atoms with Crippen LogP contribution in [0.15, 0.2) is 36.5 Å². The lowest BCUT2D eigenvalue weighted by Gasteiger charge is -2.26. The van der Waals surface area contributed by atoms with Gasteiger partial charge in [-0.15, -0.1) is 0 Å². The Morgan fingerprint density at radius 1 is 1.42 bits per heavy atom. The van der Waals surface area contributed by atoms with Crippen LogP contribution in [0.4, 0.5) is 4.79 Å². The lowest BCUT2D eigenvalue weighted by atomic mass is 10.0. The highest BCUT2D eigenvalue weighted by molar-refractivity contribution is 6.30. The normalized spacial score (nSPS) is 15.8. The molecule has 1 aliphatic rings. The summed E-state index contributed by atoms with van der Waals surface area (Å²) in [6.45, 7) is 0.761. The first kappa shape index (κ1) is 16.4. The molecule has 24 heavy (non-hydrogen) atoms.